The Labute approximate surface area is 134 Å². The zero-order chi connectivity index (χ0) is 14.3. The fraction of sp³-hybridized carbons (Fsp3) is 0.562. The average molecular weight is 332 g/mol. The summed E-state index contributed by atoms with van der Waals surface area (Å²) < 4.78 is 0. The molecule has 2 aliphatic rings. The van der Waals surface area contributed by atoms with Crippen molar-refractivity contribution in [2.24, 2.45) is 5.92 Å². The molecule has 2 atom stereocenters. The second-order valence-corrected chi connectivity index (χ2v) is 7.17. The third-order valence-corrected chi connectivity index (χ3v) is 5.53. The second-order valence-electron chi connectivity index (χ2n) is 5.99. The maximum Gasteiger partial charge on any atom is 0.225 e. The van der Waals surface area contributed by atoms with Gasteiger partial charge in [0.1, 0.15) is 0 Å². The third-order valence-electron chi connectivity index (χ3n) is 4.62. The number of hydrogen-bond donors (Lipinski definition) is 0. The molecule has 1 nitrogen and oxygen atoms in total. The van der Waals surface area contributed by atoms with Crippen LogP contribution in [0.4, 0.5) is 0 Å². The lowest BCUT2D eigenvalue weighted by Gasteiger charge is -2.24. The van der Waals surface area contributed by atoms with Crippen molar-refractivity contribution >= 4 is 40.0 Å². The fourth-order valence-corrected chi connectivity index (χ4v) is 4.47. The van der Waals surface area contributed by atoms with Gasteiger partial charge in [-0.25, -0.2) is 0 Å². The summed E-state index contributed by atoms with van der Waals surface area (Å²) in [5.74, 6) is 0.641. The highest BCUT2D eigenvalue weighted by Crippen LogP contribution is 2.51. The topological polar surface area (TPSA) is 17.1 Å². The molecule has 2 aliphatic carbocycles. The Hall–Kier alpha value is -0.240. The van der Waals surface area contributed by atoms with E-state index in [4.69, 9.17) is 34.8 Å². The molecule has 0 aliphatic heterocycles. The summed E-state index contributed by atoms with van der Waals surface area (Å²) in [6.07, 6.45) is 6.98. The minimum absolute atomic E-state index is 0.0515. The molecular formula is C16H17Cl3O. The van der Waals surface area contributed by atoms with Gasteiger partial charge in [0.2, 0.25) is 5.24 Å². The maximum absolute atomic E-state index is 11.2. The Balaban J connectivity index is 1.85. The molecule has 1 aromatic rings. The second kappa shape index (κ2) is 5.87. The third kappa shape index (κ3) is 2.86. The molecule has 0 heterocycles. The summed E-state index contributed by atoms with van der Waals surface area (Å²) in [5.41, 5.74) is 2.16. The van der Waals surface area contributed by atoms with E-state index >= 15 is 0 Å². The summed E-state index contributed by atoms with van der Waals surface area (Å²) in [6.45, 7) is 0. The molecule has 0 aromatic heterocycles. The van der Waals surface area contributed by atoms with Gasteiger partial charge in [0.15, 0.2) is 0 Å². The molecule has 0 bridgehead atoms. The van der Waals surface area contributed by atoms with E-state index < -0.39 is 0 Å². The molecule has 4 heteroatoms. The van der Waals surface area contributed by atoms with Gasteiger partial charge in [-0.1, -0.05) is 42.5 Å². The van der Waals surface area contributed by atoms with Crippen LogP contribution in [-0.2, 0) is 4.79 Å². The first-order chi connectivity index (χ1) is 9.58. The first-order valence-electron chi connectivity index (χ1n) is 7.26. The molecular weight excluding hydrogens is 315 g/mol. The van der Waals surface area contributed by atoms with Gasteiger partial charge in [-0.3, -0.25) is 4.79 Å². The predicted molar refractivity (Wildman–Crippen MR) is 84.0 cm³/mol. The monoisotopic (exact) mass is 330 g/mol. The molecule has 20 heavy (non-hydrogen) atoms. The summed E-state index contributed by atoms with van der Waals surface area (Å²) in [5, 5.41) is 1.26. The van der Waals surface area contributed by atoms with Crippen LogP contribution < -0.4 is 0 Å². The van der Waals surface area contributed by atoms with Gasteiger partial charge in [0.25, 0.3) is 0 Å². The Morgan fingerprint density at radius 3 is 2.15 bits per heavy atom. The van der Waals surface area contributed by atoms with Gasteiger partial charge in [0.05, 0.1) is 0 Å². The Kier molecular flexibility index (Phi) is 4.31. The van der Waals surface area contributed by atoms with E-state index in [1.807, 2.05) is 12.1 Å². The van der Waals surface area contributed by atoms with Crippen molar-refractivity contribution in [1.29, 1.82) is 0 Å². The normalized spacial score (nSPS) is 26.6. The van der Waals surface area contributed by atoms with Crippen LogP contribution >= 0.6 is 34.8 Å². The average Bonchev–Trinajstić information content (AvgIpc) is 3.19. The van der Waals surface area contributed by atoms with Crippen molar-refractivity contribution in [2.75, 3.05) is 0 Å². The molecule has 0 spiro atoms. The van der Waals surface area contributed by atoms with E-state index in [0.717, 1.165) is 27.6 Å². The highest BCUT2D eigenvalue weighted by molar-refractivity contribution is 6.64. The first-order valence-corrected chi connectivity index (χ1v) is 8.39. The van der Waals surface area contributed by atoms with E-state index in [-0.39, 0.29) is 17.1 Å². The number of halogens is 3. The minimum atomic E-state index is -0.251. The van der Waals surface area contributed by atoms with Crippen molar-refractivity contribution in [3.05, 3.63) is 33.3 Å². The summed E-state index contributed by atoms with van der Waals surface area (Å²) >= 11 is 18.5. The van der Waals surface area contributed by atoms with Gasteiger partial charge >= 0.3 is 0 Å². The fourth-order valence-electron chi connectivity index (χ4n) is 3.41. The van der Waals surface area contributed by atoms with E-state index in [9.17, 15) is 4.79 Å². The number of carbonyl (C=O) groups excluding carboxylic acids is 1. The standard InChI is InChI=1S/C16H17Cl3O/c17-13-6-10(11-8-12(11)16(19)20)7-14(18)15(13)9-4-2-1-3-5-9/h6-7,9,11-12H,1-5,8H2. The molecule has 3 rings (SSSR count). The van der Waals surface area contributed by atoms with E-state index in [2.05, 4.69) is 0 Å². The van der Waals surface area contributed by atoms with Crippen LogP contribution in [0, 0.1) is 5.92 Å². The Morgan fingerprint density at radius 2 is 1.65 bits per heavy atom. The van der Waals surface area contributed by atoms with Crippen molar-refractivity contribution in [1.82, 2.24) is 0 Å². The number of carbonyl (C=O) groups is 1. The number of benzene rings is 1. The van der Waals surface area contributed by atoms with Crippen LogP contribution in [0.3, 0.4) is 0 Å². The van der Waals surface area contributed by atoms with Gasteiger partial charge in [-0.05, 0) is 66.0 Å². The quantitative estimate of drug-likeness (QED) is 0.629. The van der Waals surface area contributed by atoms with Crippen molar-refractivity contribution in [3.8, 4) is 0 Å². The van der Waals surface area contributed by atoms with Crippen LogP contribution in [0.15, 0.2) is 12.1 Å². The molecule has 2 fully saturated rings. The summed E-state index contributed by atoms with van der Waals surface area (Å²) in [4.78, 5) is 11.2. The van der Waals surface area contributed by atoms with Crippen molar-refractivity contribution in [3.63, 3.8) is 0 Å². The molecule has 0 saturated heterocycles. The Bertz CT molecular complexity index is 512. The lowest BCUT2D eigenvalue weighted by atomic mass is 9.83. The minimum Gasteiger partial charge on any atom is -0.281 e. The molecule has 0 N–H and O–H groups in total. The van der Waals surface area contributed by atoms with Crippen LogP contribution in [-0.4, -0.2) is 5.24 Å². The van der Waals surface area contributed by atoms with E-state index in [1.54, 1.807) is 0 Å². The lowest BCUT2D eigenvalue weighted by molar-refractivity contribution is -0.112. The van der Waals surface area contributed by atoms with Gasteiger partial charge in [-0.15, -0.1) is 0 Å². The smallest absolute Gasteiger partial charge is 0.225 e. The van der Waals surface area contributed by atoms with E-state index in [0.29, 0.717) is 5.92 Å². The molecule has 2 saturated carbocycles. The molecule has 2 unspecified atom stereocenters. The largest absolute Gasteiger partial charge is 0.281 e. The van der Waals surface area contributed by atoms with Crippen LogP contribution in [0.1, 0.15) is 61.5 Å². The van der Waals surface area contributed by atoms with Crippen molar-refractivity contribution in [2.45, 2.75) is 50.4 Å². The summed E-state index contributed by atoms with van der Waals surface area (Å²) in [7, 11) is 0. The maximum atomic E-state index is 11.2. The van der Waals surface area contributed by atoms with Crippen molar-refractivity contribution < 1.29 is 4.79 Å². The Morgan fingerprint density at radius 1 is 1.05 bits per heavy atom. The zero-order valence-electron chi connectivity index (χ0n) is 11.2. The SMILES string of the molecule is O=C(Cl)C1CC1c1cc(Cl)c(C2CCCCC2)c(Cl)c1. The van der Waals surface area contributed by atoms with Crippen LogP contribution in [0.5, 0.6) is 0 Å². The van der Waals surface area contributed by atoms with Gasteiger partial charge in [0, 0.05) is 16.0 Å². The van der Waals surface area contributed by atoms with Gasteiger partial charge < -0.3 is 0 Å². The van der Waals surface area contributed by atoms with E-state index in [1.165, 1.54) is 32.1 Å². The zero-order valence-corrected chi connectivity index (χ0v) is 13.4. The predicted octanol–water partition coefficient (Wildman–Crippen LogP) is 5.91. The lowest BCUT2D eigenvalue weighted by Crippen LogP contribution is -2.06. The number of hydrogen-bond acceptors (Lipinski definition) is 1. The highest BCUT2D eigenvalue weighted by Gasteiger charge is 2.43. The number of rotatable bonds is 3. The highest BCUT2D eigenvalue weighted by atomic mass is 35.5. The van der Waals surface area contributed by atoms with Crippen LogP contribution in [0.25, 0.3) is 0 Å². The molecule has 108 valence electrons. The first kappa shape index (κ1) is 14.7. The van der Waals surface area contributed by atoms with Crippen LogP contribution in [0.2, 0.25) is 10.0 Å². The summed E-state index contributed by atoms with van der Waals surface area (Å²) in [6, 6.07) is 3.98. The molecule has 0 amide bonds. The molecule has 1 aromatic carbocycles. The van der Waals surface area contributed by atoms with Gasteiger partial charge in [-0.2, -0.15) is 0 Å². The molecule has 0 radical (unpaired) electrons.